The van der Waals surface area contributed by atoms with Gasteiger partial charge in [0.15, 0.2) is 11.7 Å². The minimum Gasteiger partial charge on any atom is -0.494 e. The highest BCUT2D eigenvalue weighted by atomic mass is 32.1. The van der Waals surface area contributed by atoms with E-state index in [9.17, 15) is 4.79 Å². The van der Waals surface area contributed by atoms with Crippen molar-refractivity contribution in [1.29, 1.82) is 0 Å². The Morgan fingerprint density at radius 2 is 2.16 bits per heavy atom. The predicted octanol–water partition coefficient (Wildman–Crippen LogP) is 2.92. The molecule has 1 heterocycles. The first-order valence-electron chi connectivity index (χ1n) is 7.53. The Balaban J connectivity index is 1.72. The van der Waals surface area contributed by atoms with Crippen molar-refractivity contribution >= 4 is 38.3 Å². The third-order valence-corrected chi connectivity index (χ3v) is 4.38. The van der Waals surface area contributed by atoms with Gasteiger partial charge in [-0.2, -0.15) is 0 Å². The van der Waals surface area contributed by atoms with E-state index in [2.05, 4.69) is 15.7 Å². The molecule has 1 amide bonds. The number of aromatic nitrogens is 1. The van der Waals surface area contributed by atoms with E-state index in [4.69, 9.17) is 15.3 Å². The van der Waals surface area contributed by atoms with Gasteiger partial charge in [0.1, 0.15) is 17.0 Å². The van der Waals surface area contributed by atoms with E-state index in [1.807, 2.05) is 37.3 Å². The number of ether oxygens (including phenoxy) is 2. The Morgan fingerprint density at radius 1 is 1.32 bits per heavy atom. The molecule has 0 atom stereocenters. The number of carbonyl (C=O) groups is 1. The van der Waals surface area contributed by atoms with Gasteiger partial charge in [0.05, 0.1) is 11.8 Å². The number of anilines is 2. The van der Waals surface area contributed by atoms with Crippen LogP contribution in [0.1, 0.15) is 5.56 Å². The molecule has 0 bridgehead atoms. The van der Waals surface area contributed by atoms with Crippen molar-refractivity contribution in [1.82, 2.24) is 4.98 Å². The Hall–Kier alpha value is -2.84. The number of nitrogens with zero attached hydrogens (tertiary/aromatic N) is 1. The molecule has 0 saturated carbocycles. The van der Waals surface area contributed by atoms with Gasteiger partial charge in [0.25, 0.3) is 5.91 Å². The summed E-state index contributed by atoms with van der Waals surface area (Å²) in [6, 6.07) is 11.1. The number of nitrogens with one attached hydrogen (secondary N) is 2. The zero-order chi connectivity index (χ0) is 17.8. The molecule has 7 nitrogen and oxygen atoms in total. The average molecular weight is 358 g/mol. The van der Waals surface area contributed by atoms with E-state index in [1.54, 1.807) is 13.2 Å². The summed E-state index contributed by atoms with van der Waals surface area (Å²) in [5.41, 5.74) is 4.88. The van der Waals surface area contributed by atoms with Crippen LogP contribution in [0, 0.1) is 6.92 Å². The zero-order valence-corrected chi connectivity index (χ0v) is 14.6. The summed E-state index contributed by atoms with van der Waals surface area (Å²) in [5, 5.41) is 3.37. The third kappa shape index (κ3) is 3.98. The molecule has 0 aliphatic rings. The Kier molecular flexibility index (Phi) is 5.01. The van der Waals surface area contributed by atoms with Crippen LogP contribution in [0.3, 0.4) is 0 Å². The minimum atomic E-state index is -0.260. The topological polar surface area (TPSA) is 98.5 Å². The number of nitrogen functional groups attached to an aromatic ring is 1. The predicted molar refractivity (Wildman–Crippen MR) is 99.3 cm³/mol. The molecule has 130 valence electrons. The molecular formula is C17H18N4O3S. The molecule has 3 rings (SSSR count). The summed E-state index contributed by atoms with van der Waals surface area (Å²) in [5.74, 6) is 6.36. The quantitative estimate of drug-likeness (QED) is 0.463. The molecule has 0 aliphatic heterocycles. The third-order valence-electron chi connectivity index (χ3n) is 3.45. The standard InChI is InChI=1S/C17H18N4O3S/c1-10-4-3-5-12(6-10)24-9-15(22)19-11-7-13(23-2)16-14(8-11)25-17(20-16)21-18/h3-8H,9,18H2,1-2H3,(H,19,22)(H,20,21). The van der Waals surface area contributed by atoms with Crippen LogP contribution in [-0.4, -0.2) is 24.6 Å². The number of hydrazine groups is 1. The van der Waals surface area contributed by atoms with E-state index < -0.39 is 0 Å². The van der Waals surface area contributed by atoms with Crippen LogP contribution in [0.25, 0.3) is 10.2 Å². The van der Waals surface area contributed by atoms with Gasteiger partial charge in [0.2, 0.25) is 0 Å². The molecule has 0 spiro atoms. The first-order chi connectivity index (χ1) is 12.1. The van der Waals surface area contributed by atoms with Gasteiger partial charge in [-0.15, -0.1) is 0 Å². The van der Waals surface area contributed by atoms with Crippen LogP contribution in [-0.2, 0) is 4.79 Å². The van der Waals surface area contributed by atoms with Gasteiger partial charge in [-0.05, 0) is 30.7 Å². The van der Waals surface area contributed by atoms with Crippen molar-refractivity contribution in [3.05, 3.63) is 42.0 Å². The first-order valence-corrected chi connectivity index (χ1v) is 8.35. The number of rotatable bonds is 6. The van der Waals surface area contributed by atoms with Crippen LogP contribution < -0.4 is 26.1 Å². The molecule has 1 aromatic heterocycles. The van der Waals surface area contributed by atoms with Crippen molar-refractivity contribution in [2.75, 3.05) is 24.5 Å². The van der Waals surface area contributed by atoms with E-state index >= 15 is 0 Å². The maximum absolute atomic E-state index is 12.1. The van der Waals surface area contributed by atoms with Crippen LogP contribution in [0.2, 0.25) is 0 Å². The van der Waals surface area contributed by atoms with Crippen molar-refractivity contribution in [3.8, 4) is 11.5 Å². The number of aryl methyl sites for hydroxylation is 1. The molecule has 0 radical (unpaired) electrons. The van der Waals surface area contributed by atoms with Crippen molar-refractivity contribution < 1.29 is 14.3 Å². The first kappa shape index (κ1) is 17.0. The molecule has 3 aromatic rings. The number of fused-ring (bicyclic) bond motifs is 1. The second kappa shape index (κ2) is 7.37. The van der Waals surface area contributed by atoms with Crippen LogP contribution in [0.4, 0.5) is 10.8 Å². The number of hydrogen-bond acceptors (Lipinski definition) is 7. The molecule has 0 saturated heterocycles. The Morgan fingerprint density at radius 3 is 2.88 bits per heavy atom. The van der Waals surface area contributed by atoms with Crippen molar-refractivity contribution in [2.24, 2.45) is 5.84 Å². The molecule has 2 aromatic carbocycles. The summed E-state index contributed by atoms with van der Waals surface area (Å²) in [6.07, 6.45) is 0. The summed E-state index contributed by atoms with van der Waals surface area (Å²) >= 11 is 1.37. The highest BCUT2D eigenvalue weighted by Crippen LogP contribution is 2.35. The summed E-state index contributed by atoms with van der Waals surface area (Å²) < 4.78 is 11.7. The van der Waals surface area contributed by atoms with E-state index in [-0.39, 0.29) is 12.5 Å². The summed E-state index contributed by atoms with van der Waals surface area (Å²) in [7, 11) is 1.55. The van der Waals surface area contributed by atoms with E-state index in [0.29, 0.717) is 27.8 Å². The number of methoxy groups -OCH3 is 1. The largest absolute Gasteiger partial charge is 0.494 e. The molecule has 0 fully saturated rings. The number of nitrogens with two attached hydrogens (primary N) is 1. The smallest absolute Gasteiger partial charge is 0.262 e. The molecule has 8 heteroatoms. The number of amides is 1. The highest BCUT2D eigenvalue weighted by Gasteiger charge is 2.12. The fourth-order valence-corrected chi connectivity index (χ4v) is 3.17. The van der Waals surface area contributed by atoms with E-state index in [0.717, 1.165) is 10.3 Å². The molecular weight excluding hydrogens is 340 g/mol. The van der Waals surface area contributed by atoms with Crippen molar-refractivity contribution in [3.63, 3.8) is 0 Å². The molecule has 4 N–H and O–H groups in total. The Bertz CT molecular complexity index is 910. The van der Waals surface area contributed by atoms with Gasteiger partial charge in [-0.25, -0.2) is 10.8 Å². The average Bonchev–Trinajstić information content (AvgIpc) is 3.02. The number of hydrogen-bond donors (Lipinski definition) is 3. The lowest BCUT2D eigenvalue weighted by Crippen LogP contribution is -2.20. The lowest BCUT2D eigenvalue weighted by Gasteiger charge is -2.09. The van der Waals surface area contributed by atoms with Crippen molar-refractivity contribution in [2.45, 2.75) is 6.92 Å². The van der Waals surface area contributed by atoms with Gasteiger partial charge >= 0.3 is 0 Å². The fourth-order valence-electron chi connectivity index (χ4n) is 2.34. The van der Waals surface area contributed by atoms with Gasteiger partial charge in [-0.1, -0.05) is 23.5 Å². The molecule has 0 unspecified atom stereocenters. The second-order valence-corrected chi connectivity index (χ2v) is 6.37. The maximum atomic E-state index is 12.1. The second-order valence-electron chi connectivity index (χ2n) is 5.34. The van der Waals surface area contributed by atoms with Gasteiger partial charge < -0.3 is 14.8 Å². The van der Waals surface area contributed by atoms with Crippen LogP contribution >= 0.6 is 11.3 Å². The molecule has 0 aliphatic carbocycles. The summed E-state index contributed by atoms with van der Waals surface area (Å²) in [6.45, 7) is 1.88. The normalized spacial score (nSPS) is 10.5. The lowest BCUT2D eigenvalue weighted by atomic mass is 10.2. The number of carbonyl (C=O) groups excluding carboxylic acids is 1. The van der Waals surface area contributed by atoms with Gasteiger partial charge in [-0.3, -0.25) is 10.2 Å². The SMILES string of the molecule is COc1cc(NC(=O)COc2cccc(C)c2)cc2sc(NN)nc12. The monoisotopic (exact) mass is 358 g/mol. The number of thiazole rings is 1. The fraction of sp³-hybridized carbons (Fsp3) is 0.176. The lowest BCUT2D eigenvalue weighted by molar-refractivity contribution is -0.118. The minimum absolute atomic E-state index is 0.0812. The van der Waals surface area contributed by atoms with Crippen LogP contribution in [0.5, 0.6) is 11.5 Å². The zero-order valence-electron chi connectivity index (χ0n) is 13.8. The van der Waals surface area contributed by atoms with Gasteiger partial charge in [0, 0.05) is 11.8 Å². The maximum Gasteiger partial charge on any atom is 0.262 e. The summed E-state index contributed by atoms with van der Waals surface area (Å²) in [4.78, 5) is 16.5. The van der Waals surface area contributed by atoms with E-state index in [1.165, 1.54) is 11.3 Å². The Labute approximate surface area is 148 Å². The van der Waals surface area contributed by atoms with Crippen LogP contribution in [0.15, 0.2) is 36.4 Å². The number of benzene rings is 2. The highest BCUT2D eigenvalue weighted by molar-refractivity contribution is 7.22. The molecule has 25 heavy (non-hydrogen) atoms.